The highest BCUT2D eigenvalue weighted by Gasteiger charge is 2.06. The lowest BCUT2D eigenvalue weighted by molar-refractivity contribution is 0.965. The van der Waals surface area contributed by atoms with Crippen molar-refractivity contribution in [3.63, 3.8) is 0 Å². The van der Waals surface area contributed by atoms with Gasteiger partial charge in [0.1, 0.15) is 7.85 Å². The molecule has 0 saturated heterocycles. The number of nitrogens with zero attached hydrogens (tertiary/aromatic N) is 1. The summed E-state index contributed by atoms with van der Waals surface area (Å²) < 4.78 is 1.11. The van der Waals surface area contributed by atoms with E-state index in [-0.39, 0.29) is 0 Å². The van der Waals surface area contributed by atoms with Gasteiger partial charge in [-0.15, -0.1) is 6.58 Å². The highest BCUT2D eigenvalue weighted by Crippen LogP contribution is 2.27. The monoisotopic (exact) mass is 251 g/mol. The average Bonchev–Trinajstić information content (AvgIpc) is 2.16. The van der Waals surface area contributed by atoms with Gasteiger partial charge < -0.3 is 4.90 Å². The summed E-state index contributed by atoms with van der Waals surface area (Å²) in [5.41, 5.74) is 3.56. The molecule has 1 aromatic rings. The molecule has 0 unspecified atom stereocenters. The van der Waals surface area contributed by atoms with Crippen LogP contribution in [0.2, 0.25) is 0 Å². The largest absolute Gasteiger partial charge is 0.374 e. The summed E-state index contributed by atoms with van der Waals surface area (Å²) in [4.78, 5) is 2.22. The molecule has 1 nitrogen and oxygen atoms in total. The molecule has 0 fully saturated rings. The highest BCUT2D eigenvalue weighted by molar-refractivity contribution is 9.10. The number of rotatable bonds is 3. The Kier molecular flexibility index (Phi) is 3.82. The maximum absolute atomic E-state index is 3.99. The third-order valence-corrected chi connectivity index (χ3v) is 2.80. The molecule has 0 bridgehead atoms. The van der Waals surface area contributed by atoms with Crippen molar-refractivity contribution in [2.45, 2.75) is 6.92 Å². The summed E-state index contributed by atoms with van der Waals surface area (Å²) in [6.07, 6.45) is 0. The van der Waals surface area contributed by atoms with Gasteiger partial charge in [-0.05, 0) is 24.6 Å². The van der Waals surface area contributed by atoms with E-state index < -0.39 is 0 Å². The van der Waals surface area contributed by atoms with E-state index in [9.17, 15) is 0 Å². The predicted octanol–water partition coefficient (Wildman–Crippen LogP) is 2.51. The second kappa shape index (κ2) is 4.69. The number of anilines is 1. The van der Waals surface area contributed by atoms with Crippen molar-refractivity contribution < 1.29 is 0 Å². The van der Waals surface area contributed by atoms with Gasteiger partial charge in [0.15, 0.2) is 0 Å². The van der Waals surface area contributed by atoms with Gasteiger partial charge in [0.2, 0.25) is 0 Å². The fraction of sp³-hybridized carbons (Fsp3) is 0.273. The van der Waals surface area contributed by atoms with Crippen LogP contribution in [0.25, 0.3) is 5.47 Å². The Morgan fingerprint density at radius 2 is 2.21 bits per heavy atom. The van der Waals surface area contributed by atoms with Gasteiger partial charge in [-0.3, -0.25) is 0 Å². The Labute approximate surface area is 95.3 Å². The quantitative estimate of drug-likeness (QED) is 0.747. The van der Waals surface area contributed by atoms with E-state index in [1.54, 1.807) is 0 Å². The first kappa shape index (κ1) is 11.4. The summed E-state index contributed by atoms with van der Waals surface area (Å²) in [5.74, 6) is 0. The van der Waals surface area contributed by atoms with Crippen LogP contribution in [0.5, 0.6) is 0 Å². The van der Waals surface area contributed by atoms with E-state index in [2.05, 4.69) is 59.6 Å². The van der Waals surface area contributed by atoms with E-state index in [4.69, 9.17) is 0 Å². The highest BCUT2D eigenvalue weighted by atomic mass is 79.9. The maximum atomic E-state index is 3.99. The Bertz CT molecular complexity index is 349. The first-order valence-electron chi connectivity index (χ1n) is 4.72. The maximum Gasteiger partial charge on any atom is 0.139 e. The van der Waals surface area contributed by atoms with Crippen molar-refractivity contribution in [1.82, 2.24) is 0 Å². The van der Waals surface area contributed by atoms with Gasteiger partial charge in [0.25, 0.3) is 0 Å². The van der Waals surface area contributed by atoms with Crippen molar-refractivity contribution in [3.05, 3.63) is 34.8 Å². The fourth-order valence-corrected chi connectivity index (χ4v) is 1.70. The first-order chi connectivity index (χ1) is 6.56. The molecule has 0 atom stereocenters. The van der Waals surface area contributed by atoms with Crippen molar-refractivity contribution in [1.29, 1.82) is 0 Å². The Morgan fingerprint density at radius 3 is 2.71 bits per heavy atom. The van der Waals surface area contributed by atoms with Gasteiger partial charge >= 0.3 is 0 Å². The molecule has 0 saturated carbocycles. The van der Waals surface area contributed by atoms with Crippen molar-refractivity contribution in [3.8, 4) is 0 Å². The standard InChI is InChI=1S/C11H15BBrN/c1-4-14(3)11-7-9(13)5-6-10(11)8(2)12/h5-7H,2,4,12H2,1,3H3. The van der Waals surface area contributed by atoms with Gasteiger partial charge in [-0.2, -0.15) is 0 Å². The minimum absolute atomic E-state index is 0.997. The summed E-state index contributed by atoms with van der Waals surface area (Å²) in [6, 6.07) is 6.29. The molecule has 74 valence electrons. The van der Waals surface area contributed by atoms with Crippen LogP contribution in [0.4, 0.5) is 5.69 Å². The lowest BCUT2D eigenvalue weighted by Crippen LogP contribution is -2.17. The predicted molar refractivity (Wildman–Crippen MR) is 70.7 cm³/mol. The molecule has 0 aliphatic carbocycles. The second-order valence-electron chi connectivity index (χ2n) is 3.46. The molecule has 0 aliphatic heterocycles. The van der Waals surface area contributed by atoms with Crippen LogP contribution in [-0.4, -0.2) is 21.4 Å². The molecular formula is C11H15BBrN. The van der Waals surface area contributed by atoms with Gasteiger partial charge in [-0.25, -0.2) is 0 Å². The first-order valence-corrected chi connectivity index (χ1v) is 5.52. The molecule has 3 heteroatoms. The Morgan fingerprint density at radius 1 is 1.57 bits per heavy atom. The summed E-state index contributed by atoms with van der Waals surface area (Å²) >= 11 is 3.49. The van der Waals surface area contributed by atoms with Crippen molar-refractivity contribution >= 4 is 34.9 Å². The molecule has 1 aromatic carbocycles. The molecule has 1 rings (SSSR count). The smallest absolute Gasteiger partial charge is 0.139 e. The molecule has 0 spiro atoms. The average molecular weight is 252 g/mol. The van der Waals surface area contributed by atoms with E-state index in [0.29, 0.717) is 0 Å². The molecular weight excluding hydrogens is 237 g/mol. The van der Waals surface area contributed by atoms with Crippen LogP contribution in [0.15, 0.2) is 29.3 Å². The number of hydrogen-bond donors (Lipinski definition) is 0. The molecule has 0 radical (unpaired) electrons. The molecule has 0 N–H and O–H groups in total. The SMILES string of the molecule is BC(=C)c1ccc(Br)cc1N(C)CC. The van der Waals surface area contributed by atoms with Gasteiger partial charge in [-0.1, -0.05) is 27.5 Å². The van der Waals surface area contributed by atoms with E-state index in [0.717, 1.165) is 16.5 Å². The number of halogens is 1. The molecule has 0 aliphatic rings. The second-order valence-corrected chi connectivity index (χ2v) is 4.37. The van der Waals surface area contributed by atoms with E-state index in [1.807, 2.05) is 7.85 Å². The Hall–Kier alpha value is -0.695. The molecule has 0 aromatic heterocycles. The summed E-state index contributed by atoms with van der Waals surface area (Å²) in [7, 11) is 4.13. The zero-order valence-electron chi connectivity index (χ0n) is 8.97. The van der Waals surface area contributed by atoms with E-state index >= 15 is 0 Å². The lowest BCUT2D eigenvalue weighted by atomic mass is 9.89. The minimum atomic E-state index is 0.997. The summed E-state index contributed by atoms with van der Waals surface area (Å²) in [5, 5.41) is 0. The molecule has 0 heterocycles. The summed E-state index contributed by atoms with van der Waals surface area (Å²) in [6.45, 7) is 7.13. The minimum Gasteiger partial charge on any atom is -0.374 e. The molecule has 14 heavy (non-hydrogen) atoms. The zero-order valence-corrected chi connectivity index (χ0v) is 10.6. The third-order valence-electron chi connectivity index (χ3n) is 2.31. The Balaban J connectivity index is 3.22. The van der Waals surface area contributed by atoms with Gasteiger partial charge in [0, 0.05) is 23.8 Å². The van der Waals surface area contributed by atoms with Gasteiger partial charge in [0.05, 0.1) is 0 Å². The van der Waals surface area contributed by atoms with Crippen LogP contribution in [0.1, 0.15) is 12.5 Å². The topological polar surface area (TPSA) is 3.24 Å². The van der Waals surface area contributed by atoms with Crippen LogP contribution >= 0.6 is 15.9 Å². The number of benzene rings is 1. The van der Waals surface area contributed by atoms with Crippen molar-refractivity contribution in [2.24, 2.45) is 0 Å². The number of hydrogen-bond acceptors (Lipinski definition) is 1. The normalized spacial score (nSPS) is 9.93. The van der Waals surface area contributed by atoms with Crippen LogP contribution in [0, 0.1) is 0 Å². The molecule has 0 amide bonds. The fourth-order valence-electron chi connectivity index (χ4n) is 1.35. The van der Waals surface area contributed by atoms with Crippen LogP contribution in [-0.2, 0) is 0 Å². The van der Waals surface area contributed by atoms with E-state index in [1.165, 1.54) is 11.3 Å². The third kappa shape index (κ3) is 2.41. The lowest BCUT2D eigenvalue weighted by Gasteiger charge is -2.21. The van der Waals surface area contributed by atoms with Crippen molar-refractivity contribution in [2.75, 3.05) is 18.5 Å². The zero-order chi connectivity index (χ0) is 10.7. The van der Waals surface area contributed by atoms with Crippen LogP contribution in [0.3, 0.4) is 0 Å². The van der Waals surface area contributed by atoms with Crippen LogP contribution < -0.4 is 4.90 Å².